The van der Waals surface area contributed by atoms with E-state index in [1.807, 2.05) is 25.1 Å². The van der Waals surface area contributed by atoms with Gasteiger partial charge in [0.25, 0.3) is 0 Å². The van der Waals surface area contributed by atoms with Crippen molar-refractivity contribution in [3.8, 4) is 0 Å². The summed E-state index contributed by atoms with van der Waals surface area (Å²) in [5, 5.41) is 9.18. The minimum atomic E-state index is -4.12. The smallest absolute Gasteiger partial charge is 0.389 e. The van der Waals surface area contributed by atoms with Crippen LogP contribution < -0.4 is 4.90 Å². The lowest BCUT2D eigenvalue weighted by Gasteiger charge is -2.34. The molecule has 0 radical (unpaired) electrons. The van der Waals surface area contributed by atoms with Crippen LogP contribution in [0.4, 0.5) is 18.9 Å². The molecule has 0 saturated carbocycles. The first-order valence-electron chi connectivity index (χ1n) is 7.41. The summed E-state index contributed by atoms with van der Waals surface area (Å²) in [6.45, 7) is 3.75. The molecule has 0 aliphatic carbocycles. The Morgan fingerprint density at radius 1 is 1.24 bits per heavy atom. The second-order valence-electron chi connectivity index (χ2n) is 5.86. The number of alkyl halides is 3. The van der Waals surface area contributed by atoms with Crippen molar-refractivity contribution < 1.29 is 18.3 Å². The Kier molecular flexibility index (Phi) is 5.14. The zero-order valence-corrected chi connectivity index (χ0v) is 12.3. The Hall–Kier alpha value is -1.23. The molecule has 0 aromatic heterocycles. The van der Waals surface area contributed by atoms with Crippen molar-refractivity contribution in [2.45, 2.75) is 38.8 Å². The predicted octanol–water partition coefficient (Wildman–Crippen LogP) is 3.70. The largest absolute Gasteiger partial charge is 0.396 e. The van der Waals surface area contributed by atoms with E-state index < -0.39 is 12.6 Å². The van der Waals surface area contributed by atoms with E-state index >= 15 is 0 Å². The summed E-state index contributed by atoms with van der Waals surface area (Å²) in [5.41, 5.74) is 2.75. The summed E-state index contributed by atoms with van der Waals surface area (Å²) in [5.74, 6) is 0.324. The standard InChI is InChI=1S/C16H22F3NO/c1-12-2-3-14(4-7-16(17,18)19)15(10-12)20-8-5-13(11-21)6-9-20/h2-3,10,13,21H,4-9,11H2,1H3. The molecule has 118 valence electrons. The lowest BCUT2D eigenvalue weighted by Crippen LogP contribution is -2.35. The van der Waals surface area contributed by atoms with Gasteiger partial charge in [-0.2, -0.15) is 13.2 Å². The Bertz CT molecular complexity index is 465. The van der Waals surface area contributed by atoms with Crippen molar-refractivity contribution in [3.63, 3.8) is 0 Å². The minimum Gasteiger partial charge on any atom is -0.396 e. The normalized spacial score (nSPS) is 17.3. The van der Waals surface area contributed by atoms with E-state index in [0.29, 0.717) is 5.92 Å². The average Bonchev–Trinajstić information content (AvgIpc) is 2.45. The van der Waals surface area contributed by atoms with Gasteiger partial charge in [0.15, 0.2) is 0 Å². The van der Waals surface area contributed by atoms with Crippen molar-refractivity contribution in [3.05, 3.63) is 29.3 Å². The van der Waals surface area contributed by atoms with E-state index in [0.717, 1.165) is 42.7 Å². The fourth-order valence-electron chi connectivity index (χ4n) is 2.81. The van der Waals surface area contributed by atoms with Crippen LogP contribution in [0.1, 0.15) is 30.4 Å². The molecule has 1 aromatic rings. The number of aryl methyl sites for hydroxylation is 2. The third-order valence-corrected chi connectivity index (χ3v) is 4.13. The quantitative estimate of drug-likeness (QED) is 0.916. The number of anilines is 1. The van der Waals surface area contributed by atoms with Crippen molar-refractivity contribution in [1.82, 2.24) is 0 Å². The van der Waals surface area contributed by atoms with Gasteiger partial charge in [0.1, 0.15) is 0 Å². The first-order valence-corrected chi connectivity index (χ1v) is 7.41. The van der Waals surface area contributed by atoms with Crippen LogP contribution in [0.25, 0.3) is 0 Å². The maximum absolute atomic E-state index is 12.5. The summed E-state index contributed by atoms with van der Waals surface area (Å²) in [4.78, 5) is 2.16. The third-order valence-electron chi connectivity index (χ3n) is 4.13. The Balaban J connectivity index is 2.12. The molecule has 0 spiro atoms. The molecule has 0 atom stereocenters. The van der Waals surface area contributed by atoms with Crippen molar-refractivity contribution in [2.75, 3.05) is 24.6 Å². The van der Waals surface area contributed by atoms with E-state index in [1.165, 1.54) is 0 Å². The van der Waals surface area contributed by atoms with Crippen LogP contribution in [-0.2, 0) is 6.42 Å². The zero-order valence-electron chi connectivity index (χ0n) is 12.3. The van der Waals surface area contributed by atoms with Gasteiger partial charge in [-0.25, -0.2) is 0 Å². The molecule has 0 unspecified atom stereocenters. The Labute approximate surface area is 123 Å². The highest BCUT2D eigenvalue weighted by atomic mass is 19.4. The number of rotatable bonds is 4. The summed E-state index contributed by atoms with van der Waals surface area (Å²) in [6.07, 6.45) is -3.09. The van der Waals surface area contributed by atoms with Crippen LogP contribution in [0, 0.1) is 12.8 Å². The molecule has 1 aromatic carbocycles. The highest BCUT2D eigenvalue weighted by Crippen LogP contribution is 2.30. The number of benzene rings is 1. The van der Waals surface area contributed by atoms with Gasteiger partial charge in [-0.15, -0.1) is 0 Å². The van der Waals surface area contributed by atoms with Gasteiger partial charge < -0.3 is 10.0 Å². The molecule has 1 N–H and O–H groups in total. The van der Waals surface area contributed by atoms with Gasteiger partial charge in [-0.3, -0.25) is 0 Å². The first-order chi connectivity index (χ1) is 9.89. The molecule has 1 saturated heterocycles. The fourth-order valence-corrected chi connectivity index (χ4v) is 2.81. The van der Waals surface area contributed by atoms with Crippen LogP contribution in [0.2, 0.25) is 0 Å². The molecule has 1 fully saturated rings. The second-order valence-corrected chi connectivity index (χ2v) is 5.86. The molecule has 5 heteroatoms. The highest BCUT2D eigenvalue weighted by Gasteiger charge is 2.28. The summed E-state index contributed by atoms with van der Waals surface area (Å²) < 4.78 is 37.4. The molecule has 21 heavy (non-hydrogen) atoms. The molecule has 0 amide bonds. The monoisotopic (exact) mass is 301 g/mol. The SMILES string of the molecule is Cc1ccc(CCC(F)(F)F)c(N2CCC(CO)CC2)c1. The lowest BCUT2D eigenvalue weighted by molar-refractivity contribution is -0.133. The maximum Gasteiger partial charge on any atom is 0.389 e. The van der Waals surface area contributed by atoms with Crippen molar-refractivity contribution in [1.29, 1.82) is 0 Å². The lowest BCUT2D eigenvalue weighted by atomic mass is 9.96. The second kappa shape index (κ2) is 6.69. The van der Waals surface area contributed by atoms with E-state index in [2.05, 4.69) is 4.90 Å². The van der Waals surface area contributed by atoms with Gasteiger partial charge >= 0.3 is 6.18 Å². The number of nitrogens with zero attached hydrogens (tertiary/aromatic N) is 1. The van der Waals surface area contributed by atoms with Crippen LogP contribution in [0.3, 0.4) is 0 Å². The number of aliphatic hydroxyl groups excluding tert-OH is 1. The van der Waals surface area contributed by atoms with Crippen LogP contribution in [0.15, 0.2) is 18.2 Å². The number of hydrogen-bond acceptors (Lipinski definition) is 2. The van der Waals surface area contributed by atoms with Crippen LogP contribution in [-0.4, -0.2) is 31.0 Å². The van der Waals surface area contributed by atoms with Crippen molar-refractivity contribution in [2.24, 2.45) is 5.92 Å². The van der Waals surface area contributed by atoms with Crippen LogP contribution in [0.5, 0.6) is 0 Å². The average molecular weight is 301 g/mol. The molecule has 1 aliphatic rings. The van der Waals surface area contributed by atoms with E-state index in [-0.39, 0.29) is 13.0 Å². The van der Waals surface area contributed by atoms with E-state index in [1.54, 1.807) is 0 Å². The van der Waals surface area contributed by atoms with Gasteiger partial charge in [0.2, 0.25) is 0 Å². The predicted molar refractivity (Wildman–Crippen MR) is 77.6 cm³/mol. The maximum atomic E-state index is 12.5. The van der Waals surface area contributed by atoms with Gasteiger partial charge in [-0.05, 0) is 49.3 Å². The zero-order chi connectivity index (χ0) is 15.5. The summed E-state index contributed by atoms with van der Waals surface area (Å²) >= 11 is 0. The third kappa shape index (κ3) is 4.63. The molecule has 1 aliphatic heterocycles. The van der Waals surface area contributed by atoms with Gasteiger partial charge in [0.05, 0.1) is 0 Å². The fraction of sp³-hybridized carbons (Fsp3) is 0.625. The minimum absolute atomic E-state index is 0.0268. The molecule has 0 bridgehead atoms. The molecule has 2 nitrogen and oxygen atoms in total. The van der Waals surface area contributed by atoms with Crippen molar-refractivity contribution >= 4 is 5.69 Å². The highest BCUT2D eigenvalue weighted by molar-refractivity contribution is 5.56. The summed E-state index contributed by atoms with van der Waals surface area (Å²) in [6, 6.07) is 5.66. The first kappa shape index (κ1) is 16.1. The summed E-state index contributed by atoms with van der Waals surface area (Å²) in [7, 11) is 0. The van der Waals surface area contributed by atoms with E-state index in [9.17, 15) is 18.3 Å². The number of hydrogen-bond donors (Lipinski definition) is 1. The van der Waals surface area contributed by atoms with Crippen LogP contribution >= 0.6 is 0 Å². The Morgan fingerprint density at radius 2 is 1.90 bits per heavy atom. The Morgan fingerprint density at radius 3 is 2.48 bits per heavy atom. The molecule has 2 rings (SSSR count). The van der Waals surface area contributed by atoms with E-state index in [4.69, 9.17) is 0 Å². The number of halogens is 3. The molecular formula is C16H22F3NO. The molecular weight excluding hydrogens is 279 g/mol. The van der Waals surface area contributed by atoms with Gasteiger partial charge in [0, 0.05) is 31.8 Å². The number of piperidine rings is 1. The molecule has 1 heterocycles. The number of aliphatic hydroxyl groups is 1. The topological polar surface area (TPSA) is 23.5 Å². The van der Waals surface area contributed by atoms with Gasteiger partial charge in [-0.1, -0.05) is 12.1 Å².